The Balaban J connectivity index is 1.02. The summed E-state index contributed by atoms with van der Waals surface area (Å²) in [6, 6.07) is 79.5. The zero-order valence-electron chi connectivity index (χ0n) is 51.5. The van der Waals surface area contributed by atoms with Gasteiger partial charge in [0.25, 0.3) is 0 Å². The SMILES string of the molecule is CCc1ccc(N(c2cccc(-c3cccc(-c4ccccc4CC)c3)c2O)c2cc(C3CCCCC3)c3ccc4c(N(c5ccc(CC)cc5)c5cccc6c5oc5c(-c7ccccc7CC)cccc56)cc(C5CCCCC5)c5ccc2c3c54)cc1. The molecule has 0 bridgehead atoms. The number of para-hydroxylation sites is 3. The number of rotatable bonds is 15. The van der Waals surface area contributed by atoms with Gasteiger partial charge in [-0.15, -0.1) is 0 Å². The van der Waals surface area contributed by atoms with Crippen molar-refractivity contribution in [1.82, 2.24) is 0 Å². The number of aryl methyl sites for hydroxylation is 4. The van der Waals surface area contributed by atoms with Crippen LogP contribution in [-0.2, 0) is 25.7 Å². The van der Waals surface area contributed by atoms with Crippen LogP contribution in [0.15, 0.2) is 217 Å². The van der Waals surface area contributed by atoms with Crippen molar-refractivity contribution in [2.24, 2.45) is 0 Å². The third-order valence-corrected chi connectivity index (χ3v) is 20.3. The van der Waals surface area contributed by atoms with Gasteiger partial charge < -0.3 is 19.3 Å². The molecule has 12 aromatic carbocycles. The minimum Gasteiger partial charge on any atom is -0.505 e. The Morgan fingerprint density at radius 1 is 0.352 bits per heavy atom. The first-order valence-corrected chi connectivity index (χ1v) is 33.0. The number of phenolic OH excluding ortho intramolecular Hbond substituents is 1. The standard InChI is InChI=1S/C84H78N2O2/c1-5-54-39-43-62(44-40-54)85(76-37-21-33-66(82(76)87)61-30-19-29-60(51-61)64-31-17-15-23-56(64)7-3)78-52-74(58-25-11-9-12-26-58)67-48-50-73-79(53-75(59-27-13-10-14-28-59)68-47-49-72(78)80(67)81(68)73)86(63-45-41-55(6-2)42-46-63)77-38-22-36-71-70-35-20-34-69(83(70)88-84(71)77)65-32-18-16-24-57(65)8-4/h15-24,29-53,58-59,87H,5-14,25-28H2,1-4H3. The third kappa shape index (κ3) is 9.59. The summed E-state index contributed by atoms with van der Waals surface area (Å²) in [5.41, 5.74) is 22.5. The zero-order valence-corrected chi connectivity index (χ0v) is 51.5. The van der Waals surface area contributed by atoms with Crippen LogP contribution in [0.1, 0.15) is 137 Å². The maximum Gasteiger partial charge on any atom is 0.159 e. The Morgan fingerprint density at radius 2 is 0.795 bits per heavy atom. The number of hydrogen-bond donors (Lipinski definition) is 1. The molecule has 1 aromatic heterocycles. The quantitative estimate of drug-likeness (QED) is 0.104. The van der Waals surface area contributed by atoms with Crippen LogP contribution in [0, 0.1) is 0 Å². The van der Waals surface area contributed by atoms with Crippen LogP contribution in [0.3, 0.4) is 0 Å². The zero-order chi connectivity index (χ0) is 59.4. The second-order valence-electron chi connectivity index (χ2n) is 25.1. The van der Waals surface area contributed by atoms with E-state index >= 15 is 0 Å². The lowest BCUT2D eigenvalue weighted by Crippen LogP contribution is -2.15. The number of nitrogens with zero attached hydrogens (tertiary/aromatic N) is 2. The van der Waals surface area contributed by atoms with Crippen LogP contribution in [0.2, 0.25) is 0 Å². The van der Waals surface area contributed by atoms with Gasteiger partial charge in [-0.3, -0.25) is 0 Å². The summed E-state index contributed by atoms with van der Waals surface area (Å²) in [6.07, 6.45) is 15.9. The molecule has 88 heavy (non-hydrogen) atoms. The molecule has 436 valence electrons. The van der Waals surface area contributed by atoms with Gasteiger partial charge in [0, 0.05) is 44.0 Å². The summed E-state index contributed by atoms with van der Waals surface area (Å²) in [5.74, 6) is 1.06. The highest BCUT2D eigenvalue weighted by Crippen LogP contribution is 2.55. The first-order chi connectivity index (χ1) is 43.4. The first-order valence-electron chi connectivity index (χ1n) is 33.0. The van der Waals surface area contributed by atoms with Gasteiger partial charge in [-0.05, 0) is 195 Å². The summed E-state index contributed by atoms with van der Waals surface area (Å²) >= 11 is 0. The molecule has 0 amide bonds. The van der Waals surface area contributed by atoms with Crippen molar-refractivity contribution in [2.75, 3.05) is 9.80 Å². The lowest BCUT2D eigenvalue weighted by Gasteiger charge is -2.33. The molecule has 0 spiro atoms. The first kappa shape index (κ1) is 55.5. The molecule has 2 fully saturated rings. The fourth-order valence-corrected chi connectivity index (χ4v) is 15.7. The molecular formula is C84H78N2O2. The smallest absolute Gasteiger partial charge is 0.159 e. The molecule has 4 heteroatoms. The molecule has 2 saturated carbocycles. The van der Waals surface area contributed by atoms with E-state index in [-0.39, 0.29) is 5.75 Å². The van der Waals surface area contributed by atoms with E-state index in [1.54, 1.807) is 0 Å². The maximum absolute atomic E-state index is 13.2. The normalized spacial score (nSPS) is 14.3. The molecule has 1 heterocycles. The largest absolute Gasteiger partial charge is 0.505 e. The number of hydrogen-bond acceptors (Lipinski definition) is 4. The molecule has 0 aliphatic heterocycles. The number of aromatic hydroxyl groups is 1. The van der Waals surface area contributed by atoms with Crippen LogP contribution < -0.4 is 9.80 Å². The van der Waals surface area contributed by atoms with E-state index in [0.29, 0.717) is 11.8 Å². The second kappa shape index (κ2) is 23.5. The van der Waals surface area contributed by atoms with Crippen LogP contribution in [0.4, 0.5) is 34.1 Å². The van der Waals surface area contributed by atoms with Crippen molar-refractivity contribution in [3.63, 3.8) is 0 Å². The molecule has 0 unspecified atom stereocenters. The maximum atomic E-state index is 13.2. The van der Waals surface area contributed by atoms with Gasteiger partial charge >= 0.3 is 0 Å². The van der Waals surface area contributed by atoms with Crippen LogP contribution in [0.25, 0.3) is 87.6 Å². The fraction of sp³-hybridized carbons (Fsp3) is 0.238. The summed E-state index contributed by atoms with van der Waals surface area (Å²) in [5, 5.41) is 23.2. The van der Waals surface area contributed by atoms with Crippen molar-refractivity contribution >= 4 is 88.4 Å². The highest BCUT2D eigenvalue weighted by atomic mass is 16.3. The van der Waals surface area contributed by atoms with Gasteiger partial charge in [0.2, 0.25) is 0 Å². The highest BCUT2D eigenvalue weighted by Gasteiger charge is 2.32. The minimum absolute atomic E-state index is 0.265. The molecule has 0 radical (unpaired) electrons. The molecule has 0 saturated heterocycles. The number of fused-ring (bicyclic) bond motifs is 3. The topological polar surface area (TPSA) is 39.9 Å². The van der Waals surface area contributed by atoms with Crippen molar-refractivity contribution < 1.29 is 9.52 Å². The van der Waals surface area contributed by atoms with Crippen molar-refractivity contribution in [3.05, 3.63) is 246 Å². The van der Waals surface area contributed by atoms with E-state index in [4.69, 9.17) is 4.42 Å². The van der Waals surface area contributed by atoms with Gasteiger partial charge in [-0.25, -0.2) is 0 Å². The Morgan fingerprint density at radius 3 is 1.36 bits per heavy atom. The molecule has 2 aliphatic rings. The van der Waals surface area contributed by atoms with Gasteiger partial charge in [0.1, 0.15) is 11.3 Å². The van der Waals surface area contributed by atoms with E-state index in [1.807, 2.05) is 0 Å². The predicted octanol–water partition coefficient (Wildman–Crippen LogP) is 24.5. The number of benzene rings is 12. The number of furan rings is 1. The average Bonchev–Trinajstić information content (AvgIpc) is 1.34. The van der Waals surface area contributed by atoms with E-state index < -0.39 is 0 Å². The Labute approximate surface area is 519 Å². The molecule has 0 atom stereocenters. The minimum atomic E-state index is 0.265. The highest BCUT2D eigenvalue weighted by molar-refractivity contribution is 6.30. The van der Waals surface area contributed by atoms with Crippen LogP contribution >= 0.6 is 0 Å². The third-order valence-electron chi connectivity index (χ3n) is 20.3. The number of anilines is 6. The van der Waals surface area contributed by atoms with Gasteiger partial charge in [-0.1, -0.05) is 224 Å². The van der Waals surface area contributed by atoms with E-state index in [1.165, 1.54) is 134 Å². The number of phenols is 1. The Hall–Kier alpha value is -9.12. The van der Waals surface area contributed by atoms with Crippen LogP contribution in [0.5, 0.6) is 5.75 Å². The average molecular weight is 1150 g/mol. The van der Waals surface area contributed by atoms with Crippen molar-refractivity contribution in [2.45, 2.75) is 129 Å². The molecule has 15 rings (SSSR count). The summed E-state index contributed by atoms with van der Waals surface area (Å²) < 4.78 is 7.45. The lowest BCUT2D eigenvalue weighted by molar-refractivity contribution is 0.445. The summed E-state index contributed by atoms with van der Waals surface area (Å²) in [4.78, 5) is 4.94. The summed E-state index contributed by atoms with van der Waals surface area (Å²) in [6.45, 7) is 8.94. The van der Waals surface area contributed by atoms with Crippen molar-refractivity contribution in [1.29, 1.82) is 0 Å². The van der Waals surface area contributed by atoms with E-state index in [2.05, 4.69) is 250 Å². The molecule has 4 nitrogen and oxygen atoms in total. The fourth-order valence-electron chi connectivity index (χ4n) is 15.7. The predicted molar refractivity (Wildman–Crippen MR) is 374 cm³/mol. The van der Waals surface area contributed by atoms with Gasteiger partial charge in [0.15, 0.2) is 5.58 Å². The second-order valence-corrected chi connectivity index (χ2v) is 25.1. The van der Waals surface area contributed by atoms with E-state index in [0.717, 1.165) is 111 Å². The monoisotopic (exact) mass is 1150 g/mol. The summed E-state index contributed by atoms with van der Waals surface area (Å²) in [7, 11) is 0. The van der Waals surface area contributed by atoms with Gasteiger partial charge in [-0.2, -0.15) is 0 Å². The molecule has 1 N–H and O–H groups in total. The van der Waals surface area contributed by atoms with Crippen molar-refractivity contribution in [3.8, 4) is 39.1 Å². The van der Waals surface area contributed by atoms with E-state index in [9.17, 15) is 5.11 Å². The Bertz CT molecular complexity index is 4710. The van der Waals surface area contributed by atoms with Crippen LogP contribution in [-0.4, -0.2) is 5.11 Å². The Kier molecular flexibility index (Phi) is 14.8. The molecule has 13 aromatic rings. The lowest BCUT2D eigenvalue weighted by atomic mass is 9.77. The molecular weight excluding hydrogens is 1070 g/mol. The van der Waals surface area contributed by atoms with Gasteiger partial charge in [0.05, 0.1) is 22.7 Å². The molecule has 2 aliphatic carbocycles.